The maximum atomic E-state index is 11.7. The lowest BCUT2D eigenvalue weighted by Crippen LogP contribution is -2.17. The van der Waals surface area contributed by atoms with E-state index in [2.05, 4.69) is 16.9 Å². The average Bonchev–Trinajstić information content (AvgIpc) is 2.47. The maximum absolute atomic E-state index is 11.7. The van der Waals surface area contributed by atoms with Crippen molar-refractivity contribution in [3.8, 4) is 0 Å². The van der Waals surface area contributed by atoms with Gasteiger partial charge >= 0.3 is 5.97 Å². The van der Waals surface area contributed by atoms with E-state index in [0.717, 1.165) is 24.6 Å². The molecule has 1 aliphatic rings. The lowest BCUT2D eigenvalue weighted by Gasteiger charge is -2.26. The van der Waals surface area contributed by atoms with Crippen LogP contribution >= 0.6 is 0 Å². The Morgan fingerprint density at radius 2 is 2.05 bits per heavy atom. The molecule has 1 aromatic heterocycles. The van der Waals surface area contributed by atoms with Gasteiger partial charge in [-0.3, -0.25) is 0 Å². The molecule has 0 spiro atoms. The number of nitrogens with two attached hydrogens (primary N) is 1. The van der Waals surface area contributed by atoms with Crippen LogP contribution in [0.4, 0.5) is 5.82 Å². The van der Waals surface area contributed by atoms with Crippen molar-refractivity contribution in [2.45, 2.75) is 51.9 Å². The van der Waals surface area contributed by atoms with Crippen LogP contribution in [0, 0.1) is 5.92 Å². The molecule has 5 heteroatoms. The van der Waals surface area contributed by atoms with E-state index in [1.807, 2.05) is 0 Å². The fourth-order valence-electron chi connectivity index (χ4n) is 2.80. The lowest BCUT2D eigenvalue weighted by atomic mass is 9.80. The second kappa shape index (κ2) is 6.68. The van der Waals surface area contributed by atoms with E-state index in [1.54, 1.807) is 6.92 Å². The van der Waals surface area contributed by atoms with Crippen molar-refractivity contribution in [3.05, 3.63) is 17.6 Å². The molecule has 1 aromatic rings. The highest BCUT2D eigenvalue weighted by atomic mass is 16.5. The van der Waals surface area contributed by atoms with Crippen LogP contribution in [0.5, 0.6) is 0 Å². The third-order valence-corrected chi connectivity index (χ3v) is 4.12. The quantitative estimate of drug-likeness (QED) is 0.856. The average molecular weight is 277 g/mol. The van der Waals surface area contributed by atoms with Gasteiger partial charge in [0.15, 0.2) is 0 Å². The highest BCUT2D eigenvalue weighted by molar-refractivity contribution is 5.93. The Morgan fingerprint density at radius 1 is 1.35 bits per heavy atom. The number of rotatable bonds is 4. The molecule has 2 rings (SSSR count). The van der Waals surface area contributed by atoms with Gasteiger partial charge in [-0.1, -0.05) is 13.3 Å². The number of esters is 1. The smallest absolute Gasteiger partial charge is 0.343 e. The zero-order valence-corrected chi connectivity index (χ0v) is 12.3. The highest BCUT2D eigenvalue weighted by Crippen LogP contribution is 2.35. The van der Waals surface area contributed by atoms with Crippen molar-refractivity contribution in [2.75, 3.05) is 12.3 Å². The van der Waals surface area contributed by atoms with Gasteiger partial charge in [0.1, 0.15) is 17.2 Å². The van der Waals surface area contributed by atoms with Gasteiger partial charge in [-0.25, -0.2) is 14.8 Å². The summed E-state index contributed by atoms with van der Waals surface area (Å²) in [6.07, 6.45) is 7.42. The molecule has 0 unspecified atom stereocenters. The van der Waals surface area contributed by atoms with Crippen LogP contribution in [0.25, 0.3) is 0 Å². The lowest BCUT2D eigenvalue weighted by molar-refractivity contribution is 0.0526. The molecule has 5 nitrogen and oxygen atoms in total. The van der Waals surface area contributed by atoms with E-state index in [4.69, 9.17) is 10.5 Å². The molecule has 2 N–H and O–H groups in total. The number of anilines is 1. The summed E-state index contributed by atoms with van der Waals surface area (Å²) in [5, 5.41) is 0. The number of nitrogen functional groups attached to an aromatic ring is 1. The third-order valence-electron chi connectivity index (χ3n) is 4.12. The Labute approximate surface area is 119 Å². The number of carbonyl (C=O) groups excluding carboxylic acids is 1. The van der Waals surface area contributed by atoms with E-state index in [9.17, 15) is 4.79 Å². The molecule has 0 radical (unpaired) electrons. The SMILES string of the molecule is CCOC(=O)c1cnc(C2CCC(CC)CC2)nc1N. The first kappa shape index (κ1) is 14.8. The number of nitrogens with zero attached hydrogens (tertiary/aromatic N) is 2. The van der Waals surface area contributed by atoms with Gasteiger partial charge in [-0.2, -0.15) is 0 Å². The zero-order valence-electron chi connectivity index (χ0n) is 12.3. The molecule has 1 fully saturated rings. The monoisotopic (exact) mass is 277 g/mol. The van der Waals surface area contributed by atoms with Crippen molar-refractivity contribution in [3.63, 3.8) is 0 Å². The molecule has 0 atom stereocenters. The summed E-state index contributed by atoms with van der Waals surface area (Å²) in [6.45, 7) is 4.32. The molecule has 0 aromatic carbocycles. The molecule has 110 valence electrons. The fourth-order valence-corrected chi connectivity index (χ4v) is 2.80. The van der Waals surface area contributed by atoms with Gasteiger partial charge in [0.2, 0.25) is 0 Å². The predicted octanol–water partition coefficient (Wildman–Crippen LogP) is 2.92. The van der Waals surface area contributed by atoms with E-state index < -0.39 is 5.97 Å². The van der Waals surface area contributed by atoms with Crippen LogP contribution in [-0.4, -0.2) is 22.5 Å². The summed E-state index contributed by atoms with van der Waals surface area (Å²) in [6, 6.07) is 0. The Balaban J connectivity index is 2.07. The van der Waals surface area contributed by atoms with E-state index in [0.29, 0.717) is 12.5 Å². The highest BCUT2D eigenvalue weighted by Gasteiger charge is 2.24. The van der Waals surface area contributed by atoms with Crippen LogP contribution in [0.3, 0.4) is 0 Å². The molecular weight excluding hydrogens is 254 g/mol. The van der Waals surface area contributed by atoms with Gasteiger partial charge < -0.3 is 10.5 Å². The van der Waals surface area contributed by atoms with Gasteiger partial charge in [0, 0.05) is 12.1 Å². The maximum Gasteiger partial charge on any atom is 0.343 e. The van der Waals surface area contributed by atoms with E-state index >= 15 is 0 Å². The van der Waals surface area contributed by atoms with Crippen molar-refractivity contribution >= 4 is 11.8 Å². The molecule has 0 aliphatic heterocycles. The molecule has 20 heavy (non-hydrogen) atoms. The summed E-state index contributed by atoms with van der Waals surface area (Å²) in [4.78, 5) is 20.3. The van der Waals surface area contributed by atoms with Gasteiger partial charge in [-0.05, 0) is 38.5 Å². The van der Waals surface area contributed by atoms with Crippen LogP contribution in [-0.2, 0) is 4.74 Å². The van der Waals surface area contributed by atoms with Crippen LogP contribution in [0.15, 0.2) is 6.20 Å². The first-order valence-electron chi connectivity index (χ1n) is 7.45. The zero-order chi connectivity index (χ0) is 14.5. The van der Waals surface area contributed by atoms with Gasteiger partial charge in [0.25, 0.3) is 0 Å². The molecular formula is C15H23N3O2. The number of aromatic nitrogens is 2. The summed E-state index contributed by atoms with van der Waals surface area (Å²) >= 11 is 0. The van der Waals surface area contributed by atoms with Gasteiger partial charge in [-0.15, -0.1) is 0 Å². The summed E-state index contributed by atoms with van der Waals surface area (Å²) in [5.74, 6) is 1.75. The first-order valence-corrected chi connectivity index (χ1v) is 7.45. The molecule has 0 bridgehead atoms. The number of ether oxygens (including phenoxy) is 1. The number of hydrogen-bond donors (Lipinski definition) is 1. The number of carbonyl (C=O) groups is 1. The van der Waals surface area contributed by atoms with Crippen LogP contribution in [0.1, 0.15) is 68.1 Å². The van der Waals surface area contributed by atoms with Crippen molar-refractivity contribution in [1.82, 2.24) is 9.97 Å². The minimum absolute atomic E-state index is 0.228. The van der Waals surface area contributed by atoms with Crippen molar-refractivity contribution in [1.29, 1.82) is 0 Å². The molecule has 1 saturated carbocycles. The Morgan fingerprint density at radius 3 is 2.60 bits per heavy atom. The summed E-state index contributed by atoms with van der Waals surface area (Å²) < 4.78 is 4.92. The normalized spacial score (nSPS) is 22.5. The largest absolute Gasteiger partial charge is 0.462 e. The minimum Gasteiger partial charge on any atom is -0.462 e. The first-order chi connectivity index (χ1) is 9.65. The van der Waals surface area contributed by atoms with Crippen LogP contribution < -0.4 is 5.73 Å². The molecule has 0 amide bonds. The van der Waals surface area contributed by atoms with E-state index in [-0.39, 0.29) is 11.4 Å². The van der Waals surface area contributed by atoms with Crippen molar-refractivity contribution < 1.29 is 9.53 Å². The van der Waals surface area contributed by atoms with Gasteiger partial charge in [0.05, 0.1) is 6.61 Å². The second-order valence-corrected chi connectivity index (χ2v) is 5.37. The topological polar surface area (TPSA) is 78.1 Å². The standard InChI is InChI=1S/C15H23N3O2/c1-3-10-5-7-11(8-6-10)14-17-9-12(13(16)18-14)15(19)20-4-2/h9-11H,3-8H2,1-2H3,(H2,16,17,18). The Hall–Kier alpha value is -1.65. The minimum atomic E-state index is -0.453. The van der Waals surface area contributed by atoms with Crippen molar-refractivity contribution in [2.24, 2.45) is 5.92 Å². The van der Waals surface area contributed by atoms with Crippen LogP contribution in [0.2, 0.25) is 0 Å². The molecule has 1 aliphatic carbocycles. The fraction of sp³-hybridized carbons (Fsp3) is 0.667. The Bertz CT molecular complexity index is 468. The molecule has 0 saturated heterocycles. The Kier molecular flexibility index (Phi) is 4.93. The summed E-state index contributed by atoms with van der Waals surface area (Å²) in [5.41, 5.74) is 6.12. The second-order valence-electron chi connectivity index (χ2n) is 5.37. The predicted molar refractivity (Wildman–Crippen MR) is 77.4 cm³/mol. The molecule has 1 heterocycles. The third kappa shape index (κ3) is 3.26. The number of hydrogen-bond acceptors (Lipinski definition) is 5. The van der Waals surface area contributed by atoms with E-state index in [1.165, 1.54) is 25.5 Å². The summed E-state index contributed by atoms with van der Waals surface area (Å²) in [7, 11) is 0.